The minimum atomic E-state index is -0.400. The van der Waals surface area contributed by atoms with Crippen molar-refractivity contribution in [3.63, 3.8) is 0 Å². The highest BCUT2D eigenvalue weighted by Gasteiger charge is 2.29. The number of nitrogens with one attached hydrogen (secondary N) is 1. The summed E-state index contributed by atoms with van der Waals surface area (Å²) in [6, 6.07) is 17.3. The third-order valence-electron chi connectivity index (χ3n) is 5.55. The minimum Gasteiger partial charge on any atom is -0.497 e. The Kier molecular flexibility index (Phi) is 9.54. The molecule has 0 bridgehead atoms. The number of thiophene rings is 1. The van der Waals surface area contributed by atoms with Crippen LogP contribution in [0.4, 0.5) is 5.00 Å². The van der Waals surface area contributed by atoms with Crippen molar-refractivity contribution in [1.82, 2.24) is 4.90 Å². The van der Waals surface area contributed by atoms with E-state index in [4.69, 9.17) is 14.2 Å². The number of hydrogen-bond donors (Lipinski definition) is 1. The summed E-state index contributed by atoms with van der Waals surface area (Å²) >= 11 is 1.44. The van der Waals surface area contributed by atoms with Crippen LogP contribution in [0.2, 0.25) is 0 Å². The first-order valence-corrected chi connectivity index (χ1v) is 12.0. The number of nitrogens with zero attached hydrogens (tertiary/aromatic N) is 1. The van der Waals surface area contributed by atoms with E-state index in [2.05, 4.69) is 22.3 Å². The van der Waals surface area contributed by atoms with Gasteiger partial charge < -0.3 is 19.5 Å². The van der Waals surface area contributed by atoms with Gasteiger partial charge in [-0.2, -0.15) is 0 Å². The van der Waals surface area contributed by atoms with Crippen LogP contribution in [0.5, 0.6) is 11.5 Å². The molecule has 2 heterocycles. The molecule has 1 N–H and O–H groups in total. The average molecular weight is 517 g/mol. The van der Waals surface area contributed by atoms with Crippen LogP contribution in [0.3, 0.4) is 0 Å². The van der Waals surface area contributed by atoms with E-state index in [1.54, 1.807) is 38.3 Å². The monoisotopic (exact) mass is 516 g/mol. The molecule has 2 aromatic carbocycles. The van der Waals surface area contributed by atoms with Crippen molar-refractivity contribution >= 4 is 40.6 Å². The van der Waals surface area contributed by atoms with Crippen molar-refractivity contribution in [3.8, 4) is 11.5 Å². The molecule has 0 atom stereocenters. The van der Waals surface area contributed by atoms with Gasteiger partial charge in [-0.05, 0) is 48.7 Å². The van der Waals surface area contributed by atoms with Gasteiger partial charge in [0.15, 0.2) is 6.61 Å². The topological polar surface area (TPSA) is 77.1 Å². The highest BCUT2D eigenvalue weighted by atomic mass is 35.5. The molecule has 0 unspecified atom stereocenters. The summed E-state index contributed by atoms with van der Waals surface area (Å²) in [5.74, 6) is 0.536. The van der Waals surface area contributed by atoms with Crippen molar-refractivity contribution < 1.29 is 23.8 Å². The number of carbonyl (C=O) groups is 2. The number of hydrogen-bond acceptors (Lipinski definition) is 7. The number of rotatable bonds is 9. The zero-order valence-electron chi connectivity index (χ0n) is 19.7. The van der Waals surface area contributed by atoms with Crippen LogP contribution in [-0.4, -0.2) is 43.6 Å². The number of fused-ring (bicyclic) bond motifs is 1. The van der Waals surface area contributed by atoms with Gasteiger partial charge in [-0.1, -0.05) is 30.3 Å². The smallest absolute Gasteiger partial charge is 0.341 e. The number of halogens is 1. The Bertz CT molecular complexity index is 1130. The number of esters is 1. The number of benzene rings is 2. The molecule has 35 heavy (non-hydrogen) atoms. The third kappa shape index (κ3) is 6.75. The molecular weight excluding hydrogens is 488 g/mol. The van der Waals surface area contributed by atoms with E-state index >= 15 is 0 Å². The molecular formula is C26H29ClN2O5S. The Labute approximate surface area is 215 Å². The Hall–Kier alpha value is -3.07. The summed E-state index contributed by atoms with van der Waals surface area (Å²) in [5, 5.41) is 3.40. The normalized spacial score (nSPS) is 12.7. The van der Waals surface area contributed by atoms with Crippen molar-refractivity contribution in [1.29, 1.82) is 0 Å². The van der Waals surface area contributed by atoms with Crippen LogP contribution in [0.1, 0.15) is 33.3 Å². The van der Waals surface area contributed by atoms with Gasteiger partial charge in [0.05, 0.1) is 19.3 Å². The Morgan fingerprint density at radius 3 is 2.46 bits per heavy atom. The van der Waals surface area contributed by atoms with Crippen LogP contribution >= 0.6 is 23.7 Å². The Morgan fingerprint density at radius 1 is 1.06 bits per heavy atom. The first-order chi connectivity index (χ1) is 16.6. The van der Waals surface area contributed by atoms with Gasteiger partial charge in [0.1, 0.15) is 16.5 Å². The molecule has 9 heteroatoms. The first kappa shape index (κ1) is 26.5. The molecule has 1 aliphatic heterocycles. The van der Waals surface area contributed by atoms with E-state index in [0.29, 0.717) is 22.1 Å². The van der Waals surface area contributed by atoms with Crippen LogP contribution in [0.25, 0.3) is 0 Å². The molecule has 186 valence electrons. The van der Waals surface area contributed by atoms with E-state index in [1.807, 2.05) is 18.2 Å². The van der Waals surface area contributed by atoms with Crippen molar-refractivity contribution in [2.45, 2.75) is 26.4 Å². The summed E-state index contributed by atoms with van der Waals surface area (Å²) in [5.41, 5.74) is 2.69. The molecule has 0 saturated carbocycles. The van der Waals surface area contributed by atoms with Crippen LogP contribution < -0.4 is 14.8 Å². The van der Waals surface area contributed by atoms with Crippen molar-refractivity contribution in [3.05, 3.63) is 76.2 Å². The highest BCUT2D eigenvalue weighted by molar-refractivity contribution is 7.17. The molecule has 7 nitrogen and oxygen atoms in total. The number of ether oxygens (including phenoxy) is 3. The molecule has 3 aromatic rings. The second-order valence-electron chi connectivity index (χ2n) is 7.89. The van der Waals surface area contributed by atoms with E-state index in [-0.39, 0.29) is 31.5 Å². The SMILES string of the molecule is CCOC(=O)c1c(NC(=O)COc2ccc(OC)cc2)sc2c1CCN(Cc1ccccc1)C2.Cl. The van der Waals surface area contributed by atoms with E-state index in [1.165, 1.54) is 16.9 Å². The maximum Gasteiger partial charge on any atom is 0.341 e. The molecule has 1 amide bonds. The van der Waals surface area contributed by atoms with E-state index < -0.39 is 5.97 Å². The number of methoxy groups -OCH3 is 1. The summed E-state index contributed by atoms with van der Waals surface area (Å²) in [7, 11) is 1.59. The third-order valence-corrected chi connectivity index (χ3v) is 6.68. The van der Waals surface area contributed by atoms with Gasteiger partial charge in [0.2, 0.25) is 0 Å². The van der Waals surface area contributed by atoms with Gasteiger partial charge in [-0.15, -0.1) is 23.7 Å². The van der Waals surface area contributed by atoms with Gasteiger partial charge >= 0.3 is 5.97 Å². The van der Waals surface area contributed by atoms with Gasteiger partial charge in [-0.3, -0.25) is 9.69 Å². The second-order valence-corrected chi connectivity index (χ2v) is 8.99. The predicted octanol–water partition coefficient (Wildman–Crippen LogP) is 4.93. The lowest BCUT2D eigenvalue weighted by Crippen LogP contribution is -2.30. The molecule has 0 saturated heterocycles. The maximum absolute atomic E-state index is 12.8. The summed E-state index contributed by atoms with van der Waals surface area (Å²) in [4.78, 5) is 28.8. The van der Waals surface area contributed by atoms with Crippen LogP contribution in [0.15, 0.2) is 54.6 Å². The maximum atomic E-state index is 12.8. The largest absolute Gasteiger partial charge is 0.497 e. The highest BCUT2D eigenvalue weighted by Crippen LogP contribution is 2.38. The lowest BCUT2D eigenvalue weighted by atomic mass is 10.0. The van der Waals surface area contributed by atoms with Crippen LogP contribution in [-0.2, 0) is 29.0 Å². The van der Waals surface area contributed by atoms with Gasteiger partial charge in [0.25, 0.3) is 5.91 Å². The first-order valence-electron chi connectivity index (χ1n) is 11.2. The molecule has 0 radical (unpaired) electrons. The molecule has 0 fully saturated rings. The van der Waals surface area contributed by atoms with E-state index in [9.17, 15) is 9.59 Å². The molecule has 1 aliphatic rings. The number of carbonyl (C=O) groups excluding carboxylic acids is 2. The van der Waals surface area contributed by atoms with E-state index in [0.717, 1.165) is 36.5 Å². The fourth-order valence-electron chi connectivity index (χ4n) is 3.92. The lowest BCUT2D eigenvalue weighted by molar-refractivity contribution is -0.118. The Morgan fingerprint density at radius 2 is 1.77 bits per heavy atom. The molecule has 0 aliphatic carbocycles. The second kappa shape index (κ2) is 12.6. The summed E-state index contributed by atoms with van der Waals surface area (Å²) in [6.07, 6.45) is 0.727. The van der Waals surface area contributed by atoms with Crippen molar-refractivity contribution in [2.24, 2.45) is 0 Å². The summed E-state index contributed by atoms with van der Waals surface area (Å²) < 4.78 is 16.0. The van der Waals surface area contributed by atoms with Gasteiger partial charge in [0, 0.05) is 24.5 Å². The predicted molar refractivity (Wildman–Crippen MR) is 139 cm³/mol. The standard InChI is InChI=1S/C26H28N2O5S.ClH/c1-3-32-26(30)24-21-13-14-28(15-18-7-5-4-6-8-18)16-22(21)34-25(24)27-23(29)17-33-20-11-9-19(31-2)10-12-20;/h4-12H,3,13-17H2,1-2H3,(H,27,29);1H. The fraction of sp³-hybridized carbons (Fsp3) is 0.308. The molecule has 1 aromatic heterocycles. The average Bonchev–Trinajstić information content (AvgIpc) is 3.20. The Balaban J connectivity index is 0.00000342. The zero-order chi connectivity index (χ0) is 23.9. The van der Waals surface area contributed by atoms with Crippen molar-refractivity contribution in [2.75, 3.05) is 32.2 Å². The fourth-order valence-corrected chi connectivity index (χ4v) is 5.22. The quantitative estimate of drug-likeness (QED) is 0.406. The lowest BCUT2D eigenvalue weighted by Gasteiger charge is -2.27. The number of amides is 1. The summed E-state index contributed by atoms with van der Waals surface area (Å²) in [6.45, 7) is 4.27. The molecule has 0 spiro atoms. The minimum absolute atomic E-state index is 0. The number of anilines is 1. The molecule has 4 rings (SSSR count). The van der Waals surface area contributed by atoms with Gasteiger partial charge in [-0.25, -0.2) is 4.79 Å². The zero-order valence-corrected chi connectivity index (χ0v) is 21.4. The van der Waals surface area contributed by atoms with Crippen LogP contribution in [0, 0.1) is 0 Å².